The first-order chi connectivity index (χ1) is 10.7. The van der Waals surface area contributed by atoms with Crippen LogP contribution in [0.5, 0.6) is 0 Å². The van der Waals surface area contributed by atoms with Gasteiger partial charge in [-0.1, -0.05) is 0 Å². The van der Waals surface area contributed by atoms with E-state index in [1.54, 1.807) is 23.8 Å². The van der Waals surface area contributed by atoms with Crippen molar-refractivity contribution in [2.75, 3.05) is 24.7 Å². The van der Waals surface area contributed by atoms with E-state index < -0.39 is 11.8 Å². The van der Waals surface area contributed by atoms with Gasteiger partial charge in [-0.15, -0.1) is 0 Å². The van der Waals surface area contributed by atoms with Gasteiger partial charge in [0.1, 0.15) is 17.5 Å². The number of hydrogen-bond donors (Lipinski definition) is 0. The molecular weight excluding hydrogens is 289 g/mol. The van der Waals surface area contributed by atoms with E-state index in [4.69, 9.17) is 9.47 Å². The first kappa shape index (κ1) is 14.5. The normalized spacial score (nSPS) is 17.3. The Morgan fingerprint density at radius 1 is 1.50 bits per heavy atom. The molecule has 114 valence electrons. The Bertz CT molecular complexity index is 702. The van der Waals surface area contributed by atoms with Crippen molar-refractivity contribution in [2.24, 2.45) is 0 Å². The van der Waals surface area contributed by atoms with Gasteiger partial charge in [0, 0.05) is 5.56 Å². The molecule has 2 aliphatic rings. The number of carbonyl (C=O) groups excluding carboxylic acids is 2. The molecule has 3 rings (SSSR count). The van der Waals surface area contributed by atoms with Gasteiger partial charge >= 0.3 is 5.97 Å². The van der Waals surface area contributed by atoms with Crippen molar-refractivity contribution in [3.63, 3.8) is 0 Å². The minimum Gasteiger partial charge on any atom is -0.461 e. The first-order valence-corrected chi connectivity index (χ1v) is 6.96. The summed E-state index contributed by atoms with van der Waals surface area (Å²) in [6, 6.07) is 4.06. The SMILES string of the molecule is CCOC(=O)C1=CC(=C=O)c2cc(F)ccc2N1C1COC1. The highest BCUT2D eigenvalue weighted by molar-refractivity contribution is 6.07. The Labute approximate surface area is 126 Å². The molecular formula is C16H14FNO4. The second-order valence-electron chi connectivity index (χ2n) is 4.99. The Hall–Kier alpha value is -2.43. The molecule has 1 saturated heterocycles. The molecule has 1 aromatic rings. The molecule has 0 atom stereocenters. The predicted molar refractivity (Wildman–Crippen MR) is 77.3 cm³/mol. The van der Waals surface area contributed by atoms with E-state index in [1.165, 1.54) is 18.2 Å². The van der Waals surface area contributed by atoms with Crippen LogP contribution in [-0.2, 0) is 19.1 Å². The lowest BCUT2D eigenvalue weighted by Gasteiger charge is -2.41. The largest absolute Gasteiger partial charge is 0.461 e. The van der Waals surface area contributed by atoms with Crippen LogP contribution in [0.15, 0.2) is 30.0 Å². The number of nitrogens with zero attached hydrogens (tertiary/aromatic N) is 1. The maximum absolute atomic E-state index is 13.5. The lowest BCUT2D eigenvalue weighted by Crippen LogP contribution is -2.51. The zero-order valence-electron chi connectivity index (χ0n) is 12.0. The van der Waals surface area contributed by atoms with Crippen LogP contribution in [-0.4, -0.2) is 37.8 Å². The van der Waals surface area contributed by atoms with Gasteiger partial charge in [-0.05, 0) is 31.2 Å². The summed E-state index contributed by atoms with van der Waals surface area (Å²) in [6.45, 7) is 2.83. The van der Waals surface area contributed by atoms with Crippen molar-refractivity contribution in [1.29, 1.82) is 0 Å². The average Bonchev–Trinajstić information content (AvgIpc) is 2.45. The number of carbonyl (C=O) groups is 1. The molecule has 0 bridgehead atoms. The van der Waals surface area contributed by atoms with Gasteiger partial charge in [-0.25, -0.2) is 14.0 Å². The van der Waals surface area contributed by atoms with Crippen molar-refractivity contribution in [2.45, 2.75) is 13.0 Å². The molecule has 0 aliphatic carbocycles. The third kappa shape index (κ3) is 2.32. The van der Waals surface area contributed by atoms with Gasteiger partial charge < -0.3 is 14.4 Å². The number of anilines is 1. The second-order valence-corrected chi connectivity index (χ2v) is 4.99. The van der Waals surface area contributed by atoms with Gasteiger partial charge in [-0.3, -0.25) is 0 Å². The van der Waals surface area contributed by atoms with Crippen molar-refractivity contribution in [1.82, 2.24) is 0 Å². The maximum atomic E-state index is 13.5. The molecule has 6 heteroatoms. The zero-order valence-corrected chi connectivity index (χ0v) is 12.0. The Kier molecular flexibility index (Phi) is 3.79. The fraction of sp³-hybridized carbons (Fsp3) is 0.312. The summed E-state index contributed by atoms with van der Waals surface area (Å²) in [4.78, 5) is 25.1. The minimum atomic E-state index is -0.530. The number of benzene rings is 1. The number of allylic oxidation sites excluding steroid dienone is 2. The van der Waals surface area contributed by atoms with E-state index in [9.17, 15) is 14.0 Å². The van der Waals surface area contributed by atoms with E-state index in [1.807, 2.05) is 0 Å². The molecule has 1 fully saturated rings. The smallest absolute Gasteiger partial charge is 0.355 e. The molecule has 0 saturated carbocycles. The van der Waals surface area contributed by atoms with E-state index in [0.717, 1.165) is 0 Å². The third-order valence-corrected chi connectivity index (χ3v) is 3.63. The van der Waals surface area contributed by atoms with Gasteiger partial charge in [0.15, 0.2) is 0 Å². The van der Waals surface area contributed by atoms with Crippen molar-refractivity contribution >= 4 is 23.2 Å². The number of rotatable bonds is 3. The highest BCUT2D eigenvalue weighted by Gasteiger charge is 2.36. The molecule has 0 amide bonds. The summed E-state index contributed by atoms with van der Waals surface area (Å²) >= 11 is 0. The predicted octanol–water partition coefficient (Wildman–Crippen LogP) is 1.71. The number of ether oxygens (including phenoxy) is 2. The van der Waals surface area contributed by atoms with Crippen LogP contribution in [0.4, 0.5) is 10.1 Å². The highest BCUT2D eigenvalue weighted by Crippen LogP contribution is 2.38. The molecule has 2 aliphatic heterocycles. The molecule has 0 unspecified atom stereocenters. The quantitative estimate of drug-likeness (QED) is 0.628. The average molecular weight is 303 g/mol. The van der Waals surface area contributed by atoms with E-state index in [2.05, 4.69) is 0 Å². The van der Waals surface area contributed by atoms with Crippen LogP contribution in [0.1, 0.15) is 12.5 Å². The molecule has 0 spiro atoms. The van der Waals surface area contributed by atoms with Gasteiger partial charge in [0.25, 0.3) is 0 Å². The Balaban J connectivity index is 2.13. The number of hydrogen-bond acceptors (Lipinski definition) is 5. The van der Waals surface area contributed by atoms with E-state index in [-0.39, 0.29) is 23.9 Å². The van der Waals surface area contributed by atoms with Crippen LogP contribution < -0.4 is 4.90 Å². The molecule has 0 radical (unpaired) electrons. The fourth-order valence-electron chi connectivity index (χ4n) is 2.56. The van der Waals surface area contributed by atoms with Gasteiger partial charge in [0.2, 0.25) is 0 Å². The highest BCUT2D eigenvalue weighted by atomic mass is 19.1. The van der Waals surface area contributed by atoms with Gasteiger partial charge in [-0.2, -0.15) is 0 Å². The summed E-state index contributed by atoms with van der Waals surface area (Å²) in [5.41, 5.74) is 1.37. The Morgan fingerprint density at radius 3 is 2.86 bits per heavy atom. The van der Waals surface area contributed by atoms with Crippen LogP contribution in [0.2, 0.25) is 0 Å². The zero-order chi connectivity index (χ0) is 15.7. The lowest BCUT2D eigenvalue weighted by atomic mass is 9.96. The summed E-state index contributed by atoms with van der Waals surface area (Å²) in [5.74, 6) is 0.783. The maximum Gasteiger partial charge on any atom is 0.355 e. The molecule has 2 heterocycles. The van der Waals surface area contributed by atoms with Gasteiger partial charge in [0.05, 0.1) is 37.1 Å². The first-order valence-electron chi connectivity index (χ1n) is 6.96. The second kappa shape index (κ2) is 5.75. The summed E-state index contributed by atoms with van der Waals surface area (Å²) in [6.07, 6.45) is 1.39. The van der Waals surface area contributed by atoms with Crippen LogP contribution in [0.25, 0.3) is 5.57 Å². The number of esters is 1. The van der Waals surface area contributed by atoms with Crippen LogP contribution in [0.3, 0.4) is 0 Å². The van der Waals surface area contributed by atoms with Crippen molar-refractivity contribution in [3.05, 3.63) is 41.4 Å². The van der Waals surface area contributed by atoms with Crippen LogP contribution in [0, 0.1) is 5.82 Å². The third-order valence-electron chi connectivity index (χ3n) is 3.63. The minimum absolute atomic E-state index is 0.0481. The summed E-state index contributed by atoms with van der Waals surface area (Å²) < 4.78 is 23.7. The molecule has 0 N–H and O–H groups in total. The molecule has 22 heavy (non-hydrogen) atoms. The van der Waals surface area contributed by atoms with E-state index >= 15 is 0 Å². The molecule has 1 aromatic carbocycles. The molecule has 0 aromatic heterocycles. The van der Waals surface area contributed by atoms with Crippen LogP contribution >= 0.6 is 0 Å². The topological polar surface area (TPSA) is 55.8 Å². The summed E-state index contributed by atoms with van der Waals surface area (Å²) in [5, 5.41) is 0. The van der Waals surface area contributed by atoms with E-state index in [0.29, 0.717) is 24.5 Å². The number of halogens is 1. The monoisotopic (exact) mass is 303 g/mol. The fourth-order valence-corrected chi connectivity index (χ4v) is 2.56. The number of fused-ring (bicyclic) bond motifs is 1. The van der Waals surface area contributed by atoms with Crippen molar-refractivity contribution < 1.29 is 23.5 Å². The Morgan fingerprint density at radius 2 is 2.27 bits per heavy atom. The van der Waals surface area contributed by atoms with Crippen molar-refractivity contribution in [3.8, 4) is 0 Å². The summed E-state index contributed by atoms with van der Waals surface area (Å²) in [7, 11) is 0. The molecule has 5 nitrogen and oxygen atoms in total. The lowest BCUT2D eigenvalue weighted by molar-refractivity contribution is -0.138. The standard InChI is InChI=1S/C16H14FNO4/c1-2-22-16(20)15-5-10(7-19)13-6-11(17)3-4-14(13)18(15)12-8-21-9-12/h3-6,12H,2,8-9H2,1H3.